The highest BCUT2D eigenvalue weighted by Crippen LogP contribution is 2.10. The molecule has 36 heavy (non-hydrogen) atoms. The van der Waals surface area contributed by atoms with Crippen LogP contribution in [0.15, 0.2) is 0 Å². The highest BCUT2D eigenvalue weighted by atomic mass is 32.3. The van der Waals surface area contributed by atoms with Crippen molar-refractivity contribution in [3.8, 4) is 0 Å². The molecule has 9 nitrogen and oxygen atoms in total. The minimum atomic E-state index is -4.67. The van der Waals surface area contributed by atoms with Gasteiger partial charge in [0.1, 0.15) is 0 Å². The van der Waals surface area contributed by atoms with E-state index in [0.717, 1.165) is 13.2 Å². The quantitative estimate of drug-likeness (QED) is 0.0843. The van der Waals surface area contributed by atoms with E-state index in [0.29, 0.717) is 19.6 Å². The Bertz CT molecular complexity index is 440. The molecule has 0 aromatic rings. The average molecular weight is 546 g/mol. The SMILES string of the molecule is CCCCCCCCCCOCCCCCCCCCC.O=S(=O)(O)O.OCCN(CCO)CCO. The summed E-state index contributed by atoms with van der Waals surface area (Å²) < 4.78 is 37.3. The summed E-state index contributed by atoms with van der Waals surface area (Å²) in [6.45, 7) is 8.30. The number of aliphatic hydroxyl groups is 3. The zero-order valence-electron chi connectivity index (χ0n) is 23.3. The van der Waals surface area contributed by atoms with Crippen molar-refractivity contribution in [2.24, 2.45) is 0 Å². The molecule has 0 bridgehead atoms. The van der Waals surface area contributed by atoms with Gasteiger partial charge in [0.25, 0.3) is 0 Å². The summed E-state index contributed by atoms with van der Waals surface area (Å²) in [6.07, 6.45) is 22.2. The van der Waals surface area contributed by atoms with Gasteiger partial charge in [-0.15, -0.1) is 0 Å². The fraction of sp³-hybridized carbons (Fsp3) is 1.00. The molecule has 0 amide bonds. The molecule has 0 heterocycles. The van der Waals surface area contributed by atoms with E-state index in [1.165, 1.54) is 103 Å². The Hall–Kier alpha value is -0.330. The first-order chi connectivity index (χ1) is 17.3. The second kappa shape index (κ2) is 34.7. The molecule has 0 saturated heterocycles. The van der Waals surface area contributed by atoms with Crippen LogP contribution in [0.4, 0.5) is 0 Å². The topological polar surface area (TPSA) is 148 Å². The number of hydrogen-bond acceptors (Lipinski definition) is 7. The molecule has 0 spiro atoms. The standard InChI is InChI=1S/C20H42O.C6H15NO3.H2O4S/c1-3-5-7-9-11-13-15-17-19-21-20-18-16-14-12-10-8-6-4-2;8-4-1-7(2-5-9)3-6-10;1-5(2,3)4/h3-20H2,1-2H3;8-10H,1-6H2;(H2,1,2,3,4). The number of aliphatic hydroxyl groups excluding tert-OH is 3. The zero-order chi connectivity index (χ0) is 27.8. The van der Waals surface area contributed by atoms with E-state index in [2.05, 4.69) is 13.8 Å². The van der Waals surface area contributed by atoms with Crippen LogP contribution < -0.4 is 0 Å². The van der Waals surface area contributed by atoms with Gasteiger partial charge in [0.15, 0.2) is 0 Å². The fourth-order valence-corrected chi connectivity index (χ4v) is 3.54. The van der Waals surface area contributed by atoms with Gasteiger partial charge in [-0.2, -0.15) is 8.42 Å². The average Bonchev–Trinajstić information content (AvgIpc) is 2.81. The van der Waals surface area contributed by atoms with Gasteiger partial charge in [-0.3, -0.25) is 14.0 Å². The van der Waals surface area contributed by atoms with Crippen molar-refractivity contribution in [1.82, 2.24) is 4.90 Å². The van der Waals surface area contributed by atoms with E-state index >= 15 is 0 Å². The van der Waals surface area contributed by atoms with E-state index < -0.39 is 10.4 Å². The molecule has 0 aromatic carbocycles. The maximum absolute atomic E-state index is 8.74. The Morgan fingerprint density at radius 1 is 0.528 bits per heavy atom. The summed E-state index contributed by atoms with van der Waals surface area (Å²) in [5, 5.41) is 25.5. The van der Waals surface area contributed by atoms with Crippen LogP contribution in [-0.4, -0.2) is 90.4 Å². The van der Waals surface area contributed by atoms with Crippen LogP contribution in [0, 0.1) is 0 Å². The van der Waals surface area contributed by atoms with Crippen LogP contribution >= 0.6 is 0 Å². The molecule has 222 valence electrons. The Labute approximate surface area is 222 Å². The van der Waals surface area contributed by atoms with E-state index in [1.807, 2.05) is 0 Å². The molecule has 0 radical (unpaired) electrons. The van der Waals surface area contributed by atoms with Gasteiger partial charge in [0.2, 0.25) is 0 Å². The third-order valence-corrected chi connectivity index (χ3v) is 5.53. The van der Waals surface area contributed by atoms with Crippen LogP contribution in [0.5, 0.6) is 0 Å². The van der Waals surface area contributed by atoms with Crippen molar-refractivity contribution < 1.29 is 37.6 Å². The van der Waals surface area contributed by atoms with E-state index in [4.69, 9.17) is 37.6 Å². The molecule has 0 aliphatic heterocycles. The fourth-order valence-electron chi connectivity index (χ4n) is 3.54. The smallest absolute Gasteiger partial charge is 0.394 e. The van der Waals surface area contributed by atoms with Gasteiger partial charge in [0, 0.05) is 32.8 Å². The molecule has 0 aromatic heterocycles. The summed E-state index contributed by atoms with van der Waals surface area (Å²) in [5.74, 6) is 0. The van der Waals surface area contributed by atoms with E-state index in [-0.39, 0.29) is 19.8 Å². The van der Waals surface area contributed by atoms with Crippen molar-refractivity contribution in [2.45, 2.75) is 117 Å². The van der Waals surface area contributed by atoms with Gasteiger partial charge in [-0.25, -0.2) is 0 Å². The van der Waals surface area contributed by atoms with Crippen molar-refractivity contribution in [3.63, 3.8) is 0 Å². The third kappa shape index (κ3) is 50.5. The third-order valence-electron chi connectivity index (χ3n) is 5.53. The van der Waals surface area contributed by atoms with Gasteiger partial charge in [0.05, 0.1) is 19.8 Å². The Balaban J connectivity index is -0.000000597. The van der Waals surface area contributed by atoms with Gasteiger partial charge >= 0.3 is 10.4 Å². The predicted molar refractivity (Wildman–Crippen MR) is 148 cm³/mol. The first kappa shape index (κ1) is 40.2. The number of unbranched alkanes of at least 4 members (excludes halogenated alkanes) is 14. The van der Waals surface area contributed by atoms with E-state index in [1.54, 1.807) is 4.90 Å². The lowest BCUT2D eigenvalue weighted by molar-refractivity contribution is 0.125. The second-order valence-corrected chi connectivity index (χ2v) is 9.92. The summed E-state index contributed by atoms with van der Waals surface area (Å²) in [5.41, 5.74) is 0. The lowest BCUT2D eigenvalue weighted by atomic mass is 10.1. The number of hydrogen-bond donors (Lipinski definition) is 5. The van der Waals surface area contributed by atoms with Crippen molar-refractivity contribution in [2.75, 3.05) is 52.7 Å². The van der Waals surface area contributed by atoms with Crippen molar-refractivity contribution in [3.05, 3.63) is 0 Å². The zero-order valence-corrected chi connectivity index (χ0v) is 24.1. The van der Waals surface area contributed by atoms with Gasteiger partial charge in [-0.1, -0.05) is 104 Å². The Morgan fingerprint density at radius 2 is 0.778 bits per heavy atom. The highest BCUT2D eigenvalue weighted by molar-refractivity contribution is 7.79. The first-order valence-electron chi connectivity index (χ1n) is 14.1. The van der Waals surface area contributed by atoms with Crippen LogP contribution in [0.3, 0.4) is 0 Å². The number of nitrogens with zero attached hydrogens (tertiary/aromatic N) is 1. The predicted octanol–water partition coefficient (Wildman–Crippen LogP) is 4.90. The largest absolute Gasteiger partial charge is 0.395 e. The van der Waals surface area contributed by atoms with Gasteiger partial charge < -0.3 is 20.1 Å². The summed E-state index contributed by atoms with van der Waals surface area (Å²) >= 11 is 0. The molecule has 0 atom stereocenters. The molecule has 10 heteroatoms. The summed E-state index contributed by atoms with van der Waals surface area (Å²) in [7, 11) is -4.67. The lowest BCUT2D eigenvalue weighted by Gasteiger charge is -2.17. The highest BCUT2D eigenvalue weighted by Gasteiger charge is 2.00. The van der Waals surface area contributed by atoms with Crippen LogP contribution in [-0.2, 0) is 15.1 Å². The minimum absolute atomic E-state index is 0.0694. The molecule has 0 saturated carbocycles. The number of ether oxygens (including phenoxy) is 1. The molecule has 0 rings (SSSR count). The Morgan fingerprint density at radius 3 is 1.03 bits per heavy atom. The molecule has 0 aliphatic carbocycles. The van der Waals surface area contributed by atoms with Crippen molar-refractivity contribution in [1.29, 1.82) is 0 Å². The first-order valence-corrected chi connectivity index (χ1v) is 15.5. The molecular weight excluding hydrogens is 486 g/mol. The molecule has 0 unspecified atom stereocenters. The van der Waals surface area contributed by atoms with Crippen LogP contribution in [0.2, 0.25) is 0 Å². The molecule has 5 N–H and O–H groups in total. The normalized spacial score (nSPS) is 11.1. The summed E-state index contributed by atoms with van der Waals surface area (Å²) in [6, 6.07) is 0. The maximum atomic E-state index is 8.74. The summed E-state index contributed by atoms with van der Waals surface area (Å²) in [4.78, 5) is 1.79. The van der Waals surface area contributed by atoms with Crippen molar-refractivity contribution >= 4 is 10.4 Å². The number of rotatable bonds is 24. The van der Waals surface area contributed by atoms with Crippen LogP contribution in [0.25, 0.3) is 0 Å². The molecule has 0 fully saturated rings. The minimum Gasteiger partial charge on any atom is -0.395 e. The van der Waals surface area contributed by atoms with Crippen LogP contribution in [0.1, 0.15) is 117 Å². The monoisotopic (exact) mass is 545 g/mol. The van der Waals surface area contributed by atoms with Gasteiger partial charge in [-0.05, 0) is 12.8 Å². The van der Waals surface area contributed by atoms with E-state index in [9.17, 15) is 0 Å². The second-order valence-electron chi connectivity index (χ2n) is 9.02. The maximum Gasteiger partial charge on any atom is 0.394 e. The Kier molecular flexibility index (Phi) is 38.7. The molecular formula is C26H59NO8S. The lowest BCUT2D eigenvalue weighted by Crippen LogP contribution is -2.32. The molecule has 0 aliphatic rings.